The number of carbonyl (C=O) groups is 1. The monoisotopic (exact) mass is 378 g/mol. The molecule has 0 aliphatic carbocycles. The maximum absolute atomic E-state index is 13.6. The Morgan fingerprint density at radius 2 is 1.73 bits per heavy atom. The molecule has 0 unspecified atom stereocenters. The maximum Gasteiger partial charge on any atom is 0.258 e. The van der Waals surface area contributed by atoms with Crippen LogP contribution in [0.25, 0.3) is 0 Å². The van der Waals surface area contributed by atoms with Crippen LogP contribution in [0.2, 0.25) is 5.02 Å². The maximum atomic E-state index is 13.6. The Morgan fingerprint density at radius 1 is 1.00 bits per heavy atom. The lowest BCUT2D eigenvalue weighted by Crippen LogP contribution is -2.15. The molecule has 0 saturated carbocycles. The van der Waals surface area contributed by atoms with Gasteiger partial charge >= 0.3 is 0 Å². The van der Waals surface area contributed by atoms with Crippen LogP contribution in [0.3, 0.4) is 0 Å². The van der Waals surface area contributed by atoms with E-state index in [4.69, 9.17) is 11.6 Å². The number of benzene rings is 2. The van der Waals surface area contributed by atoms with Gasteiger partial charge in [-0.3, -0.25) is 4.79 Å². The highest BCUT2D eigenvalue weighted by Gasteiger charge is 2.16. The summed E-state index contributed by atoms with van der Waals surface area (Å²) in [6.45, 7) is 0. The first-order valence-corrected chi connectivity index (χ1v) is 7.61. The first-order chi connectivity index (χ1) is 12.4. The minimum atomic E-state index is -1.67. The Kier molecular flexibility index (Phi) is 5.04. The van der Waals surface area contributed by atoms with Gasteiger partial charge in [-0.1, -0.05) is 17.7 Å². The first-order valence-electron chi connectivity index (χ1n) is 7.23. The third kappa shape index (κ3) is 3.92. The van der Waals surface area contributed by atoms with Gasteiger partial charge in [0.25, 0.3) is 5.91 Å². The molecule has 3 aromatic rings. The number of nitrogens with one attached hydrogen (secondary N) is 2. The van der Waals surface area contributed by atoms with Gasteiger partial charge in [0, 0.05) is 23.1 Å². The largest absolute Gasteiger partial charge is 0.324 e. The fourth-order valence-corrected chi connectivity index (χ4v) is 2.21. The molecule has 9 heteroatoms. The van der Waals surface area contributed by atoms with Crippen LogP contribution in [0.4, 0.5) is 30.5 Å². The van der Waals surface area contributed by atoms with Crippen molar-refractivity contribution in [3.05, 3.63) is 76.8 Å². The number of nitrogens with zero attached hydrogens (tertiary/aromatic N) is 2. The van der Waals surface area contributed by atoms with Crippen molar-refractivity contribution in [1.29, 1.82) is 0 Å². The van der Waals surface area contributed by atoms with Crippen LogP contribution < -0.4 is 10.6 Å². The van der Waals surface area contributed by atoms with Gasteiger partial charge < -0.3 is 10.6 Å². The average molecular weight is 379 g/mol. The van der Waals surface area contributed by atoms with E-state index in [-0.39, 0.29) is 11.5 Å². The van der Waals surface area contributed by atoms with E-state index in [1.165, 1.54) is 12.4 Å². The molecule has 1 heterocycles. The van der Waals surface area contributed by atoms with Crippen molar-refractivity contribution >= 4 is 34.8 Å². The van der Waals surface area contributed by atoms with Crippen LogP contribution >= 0.6 is 11.6 Å². The van der Waals surface area contributed by atoms with Crippen molar-refractivity contribution in [3.63, 3.8) is 0 Å². The third-order valence-corrected chi connectivity index (χ3v) is 3.51. The number of carbonyl (C=O) groups excluding carboxylic acids is 1. The second-order valence-corrected chi connectivity index (χ2v) is 5.54. The quantitative estimate of drug-likeness (QED) is 0.654. The topological polar surface area (TPSA) is 66.9 Å². The van der Waals surface area contributed by atoms with Gasteiger partial charge in [0.1, 0.15) is 0 Å². The SMILES string of the molecule is O=C(Nc1ccc(F)c(F)c1F)c1cnc(Nc2cccc(Cl)c2)nc1. The standard InChI is InChI=1S/C17H10ClF3N4O/c18-10-2-1-3-11(6-10)24-17-22-7-9(8-23-17)16(26)25-13-5-4-12(19)14(20)15(13)21/h1-8H,(H,25,26)(H,22,23,24). The third-order valence-electron chi connectivity index (χ3n) is 3.28. The van der Waals surface area contributed by atoms with Gasteiger partial charge in [-0.25, -0.2) is 23.1 Å². The molecule has 0 fully saturated rings. The number of hydrogen-bond acceptors (Lipinski definition) is 4. The van der Waals surface area contributed by atoms with Gasteiger partial charge in [0.2, 0.25) is 5.95 Å². The molecule has 5 nitrogen and oxygen atoms in total. The Morgan fingerprint density at radius 3 is 2.42 bits per heavy atom. The summed E-state index contributed by atoms with van der Waals surface area (Å²) in [6.07, 6.45) is 2.40. The Bertz CT molecular complexity index is 967. The first kappa shape index (κ1) is 17.7. The summed E-state index contributed by atoms with van der Waals surface area (Å²) in [7, 11) is 0. The molecular weight excluding hydrogens is 369 g/mol. The molecule has 0 saturated heterocycles. The van der Waals surface area contributed by atoms with E-state index in [2.05, 4.69) is 20.6 Å². The van der Waals surface area contributed by atoms with Crippen molar-refractivity contribution in [3.8, 4) is 0 Å². The van der Waals surface area contributed by atoms with E-state index in [1.807, 2.05) is 0 Å². The predicted molar refractivity (Wildman–Crippen MR) is 91.0 cm³/mol. The molecule has 26 heavy (non-hydrogen) atoms. The molecule has 0 aliphatic rings. The van der Waals surface area contributed by atoms with E-state index in [0.717, 1.165) is 6.07 Å². The van der Waals surface area contributed by atoms with Crippen LogP contribution in [0.5, 0.6) is 0 Å². The highest BCUT2D eigenvalue weighted by atomic mass is 35.5. The summed E-state index contributed by atoms with van der Waals surface area (Å²) in [5.74, 6) is -5.06. The fraction of sp³-hybridized carbons (Fsp3) is 0. The van der Waals surface area contributed by atoms with Crippen LogP contribution in [0.1, 0.15) is 10.4 Å². The lowest BCUT2D eigenvalue weighted by molar-refractivity contribution is 0.102. The lowest BCUT2D eigenvalue weighted by atomic mass is 10.2. The summed E-state index contributed by atoms with van der Waals surface area (Å²) in [6, 6.07) is 8.49. The molecule has 0 spiro atoms. The van der Waals surface area contributed by atoms with E-state index < -0.39 is 29.0 Å². The minimum absolute atomic E-state index is 0.00535. The van der Waals surface area contributed by atoms with Crippen molar-refractivity contribution in [2.75, 3.05) is 10.6 Å². The predicted octanol–water partition coefficient (Wildman–Crippen LogP) is 4.54. The van der Waals surface area contributed by atoms with Gasteiger partial charge in [0.05, 0.1) is 11.3 Å². The molecule has 2 aromatic carbocycles. The summed E-state index contributed by atoms with van der Waals surface area (Å²) in [5, 5.41) is 5.55. The Labute approximate surface area is 150 Å². The van der Waals surface area contributed by atoms with Gasteiger partial charge in [-0.05, 0) is 30.3 Å². The number of amides is 1. The van der Waals surface area contributed by atoms with E-state index >= 15 is 0 Å². The molecule has 132 valence electrons. The molecule has 0 bridgehead atoms. The molecule has 3 rings (SSSR count). The smallest absolute Gasteiger partial charge is 0.258 e. The summed E-state index contributed by atoms with van der Waals surface area (Å²) in [5.41, 5.74) is 0.166. The highest BCUT2D eigenvalue weighted by Crippen LogP contribution is 2.21. The van der Waals surface area contributed by atoms with Crippen molar-refractivity contribution in [1.82, 2.24) is 9.97 Å². The number of anilines is 3. The Balaban J connectivity index is 1.72. The van der Waals surface area contributed by atoms with Gasteiger partial charge in [-0.2, -0.15) is 0 Å². The number of halogens is 4. The highest BCUT2D eigenvalue weighted by molar-refractivity contribution is 6.30. The molecule has 0 radical (unpaired) electrons. The van der Waals surface area contributed by atoms with E-state index in [9.17, 15) is 18.0 Å². The molecule has 0 aliphatic heterocycles. The van der Waals surface area contributed by atoms with Gasteiger partial charge in [0.15, 0.2) is 17.5 Å². The second kappa shape index (κ2) is 7.40. The van der Waals surface area contributed by atoms with Crippen molar-refractivity contribution < 1.29 is 18.0 Å². The lowest BCUT2D eigenvalue weighted by Gasteiger charge is -2.08. The molecular formula is C17H10ClF3N4O. The average Bonchev–Trinajstić information content (AvgIpc) is 2.63. The van der Waals surface area contributed by atoms with E-state index in [1.54, 1.807) is 24.3 Å². The summed E-state index contributed by atoms with van der Waals surface area (Å²) >= 11 is 5.87. The normalized spacial score (nSPS) is 10.5. The molecule has 0 atom stereocenters. The van der Waals surface area contributed by atoms with Crippen LogP contribution in [-0.4, -0.2) is 15.9 Å². The number of aromatic nitrogens is 2. The van der Waals surface area contributed by atoms with E-state index in [0.29, 0.717) is 16.8 Å². The van der Waals surface area contributed by atoms with Crippen LogP contribution in [-0.2, 0) is 0 Å². The summed E-state index contributed by atoms with van der Waals surface area (Å²) in [4.78, 5) is 20.0. The zero-order valence-corrected chi connectivity index (χ0v) is 13.7. The number of rotatable bonds is 4. The second-order valence-electron chi connectivity index (χ2n) is 5.11. The molecule has 2 N–H and O–H groups in total. The Hall–Kier alpha value is -3.13. The summed E-state index contributed by atoms with van der Waals surface area (Å²) < 4.78 is 39.7. The zero-order valence-electron chi connectivity index (χ0n) is 12.9. The fourth-order valence-electron chi connectivity index (χ4n) is 2.02. The zero-order chi connectivity index (χ0) is 18.7. The minimum Gasteiger partial charge on any atom is -0.324 e. The van der Waals surface area contributed by atoms with Gasteiger partial charge in [-0.15, -0.1) is 0 Å². The van der Waals surface area contributed by atoms with Crippen LogP contribution in [0, 0.1) is 17.5 Å². The van der Waals surface area contributed by atoms with Crippen molar-refractivity contribution in [2.24, 2.45) is 0 Å². The molecule has 1 amide bonds. The molecule has 1 aromatic heterocycles. The van der Waals surface area contributed by atoms with Crippen LogP contribution in [0.15, 0.2) is 48.8 Å². The van der Waals surface area contributed by atoms with Crippen molar-refractivity contribution in [2.45, 2.75) is 0 Å². The number of hydrogen-bond donors (Lipinski definition) is 2.